The van der Waals surface area contributed by atoms with Crippen LogP contribution in [0.25, 0.3) is 0 Å². The molecule has 0 radical (unpaired) electrons. The molecule has 0 aliphatic carbocycles. The molecule has 4 nitrogen and oxygen atoms in total. The molecule has 0 heterocycles. The van der Waals surface area contributed by atoms with E-state index in [1.165, 1.54) is 6.26 Å². The SMILES string of the molecule is CC(N)CCCCN(C)CCS(C)(=O)=O. The lowest BCUT2D eigenvalue weighted by atomic mass is 10.1. The van der Waals surface area contributed by atoms with Gasteiger partial charge < -0.3 is 10.6 Å². The Morgan fingerprint density at radius 1 is 1.27 bits per heavy atom. The van der Waals surface area contributed by atoms with Crippen LogP contribution in [0.3, 0.4) is 0 Å². The second-order valence-electron chi connectivity index (χ2n) is 4.41. The zero-order valence-corrected chi connectivity index (χ0v) is 10.9. The van der Waals surface area contributed by atoms with Crippen LogP contribution in [0, 0.1) is 0 Å². The third kappa shape index (κ3) is 11.8. The third-order valence-electron chi connectivity index (χ3n) is 2.29. The van der Waals surface area contributed by atoms with Crippen molar-refractivity contribution in [1.82, 2.24) is 4.90 Å². The molecule has 15 heavy (non-hydrogen) atoms. The van der Waals surface area contributed by atoms with Crippen LogP contribution in [-0.4, -0.2) is 51.5 Å². The van der Waals surface area contributed by atoms with E-state index in [1.54, 1.807) is 0 Å². The molecule has 5 heteroatoms. The molecule has 1 unspecified atom stereocenters. The largest absolute Gasteiger partial charge is 0.328 e. The highest BCUT2D eigenvalue weighted by atomic mass is 32.2. The van der Waals surface area contributed by atoms with Gasteiger partial charge in [0.2, 0.25) is 0 Å². The molecule has 0 amide bonds. The predicted molar refractivity (Wildman–Crippen MR) is 64.7 cm³/mol. The lowest BCUT2D eigenvalue weighted by Gasteiger charge is -2.15. The Labute approximate surface area is 93.7 Å². The van der Waals surface area contributed by atoms with Crippen molar-refractivity contribution < 1.29 is 8.42 Å². The fourth-order valence-electron chi connectivity index (χ4n) is 1.28. The maximum Gasteiger partial charge on any atom is 0.148 e. The van der Waals surface area contributed by atoms with E-state index in [1.807, 2.05) is 14.0 Å². The Kier molecular flexibility index (Phi) is 7.13. The molecule has 0 aromatic rings. The highest BCUT2D eigenvalue weighted by molar-refractivity contribution is 7.90. The van der Waals surface area contributed by atoms with Crippen LogP contribution in [0.4, 0.5) is 0 Å². The van der Waals surface area contributed by atoms with Gasteiger partial charge in [-0.25, -0.2) is 8.42 Å². The van der Waals surface area contributed by atoms with Crippen molar-refractivity contribution in [1.29, 1.82) is 0 Å². The van der Waals surface area contributed by atoms with Gasteiger partial charge in [0.25, 0.3) is 0 Å². The summed E-state index contributed by atoms with van der Waals surface area (Å²) >= 11 is 0. The number of hydrogen-bond acceptors (Lipinski definition) is 4. The standard InChI is InChI=1S/C10H24N2O2S/c1-10(11)6-4-5-7-12(2)8-9-15(3,13)14/h10H,4-9,11H2,1-3H3. The average molecular weight is 236 g/mol. The van der Waals surface area contributed by atoms with E-state index in [9.17, 15) is 8.42 Å². The van der Waals surface area contributed by atoms with E-state index >= 15 is 0 Å². The van der Waals surface area contributed by atoms with E-state index in [-0.39, 0.29) is 11.8 Å². The number of sulfone groups is 1. The minimum absolute atomic E-state index is 0.247. The van der Waals surface area contributed by atoms with Crippen LogP contribution in [0.15, 0.2) is 0 Å². The number of rotatable bonds is 8. The summed E-state index contributed by atoms with van der Waals surface area (Å²) in [5, 5.41) is 0. The predicted octanol–water partition coefficient (Wildman–Crippen LogP) is 0.480. The van der Waals surface area contributed by atoms with E-state index in [4.69, 9.17) is 5.73 Å². The van der Waals surface area contributed by atoms with Gasteiger partial charge in [0.05, 0.1) is 5.75 Å². The van der Waals surface area contributed by atoms with Crippen molar-refractivity contribution in [2.24, 2.45) is 5.73 Å². The van der Waals surface area contributed by atoms with Crippen molar-refractivity contribution in [3.63, 3.8) is 0 Å². The van der Waals surface area contributed by atoms with Crippen molar-refractivity contribution in [3.05, 3.63) is 0 Å². The molecule has 0 aliphatic heterocycles. The Bertz CT molecular complexity index is 250. The van der Waals surface area contributed by atoms with Crippen LogP contribution in [-0.2, 0) is 9.84 Å². The molecular weight excluding hydrogens is 212 g/mol. The second kappa shape index (κ2) is 7.19. The van der Waals surface area contributed by atoms with E-state index in [0.717, 1.165) is 25.8 Å². The normalized spacial score (nSPS) is 14.5. The van der Waals surface area contributed by atoms with E-state index in [0.29, 0.717) is 6.54 Å². The number of unbranched alkanes of at least 4 members (excludes halogenated alkanes) is 1. The van der Waals surface area contributed by atoms with Crippen molar-refractivity contribution in [2.45, 2.75) is 32.2 Å². The molecular formula is C10H24N2O2S. The van der Waals surface area contributed by atoms with Gasteiger partial charge in [-0.3, -0.25) is 0 Å². The quantitative estimate of drug-likeness (QED) is 0.623. The molecule has 0 aliphatic rings. The third-order valence-corrected chi connectivity index (χ3v) is 3.22. The minimum atomic E-state index is -2.82. The zero-order valence-electron chi connectivity index (χ0n) is 10.1. The van der Waals surface area contributed by atoms with Gasteiger partial charge in [0, 0.05) is 18.8 Å². The Morgan fingerprint density at radius 3 is 2.33 bits per heavy atom. The molecule has 92 valence electrons. The summed E-state index contributed by atoms with van der Waals surface area (Å²) in [4.78, 5) is 2.06. The Balaban J connectivity index is 3.46. The van der Waals surface area contributed by atoms with Crippen LogP contribution in [0.5, 0.6) is 0 Å². The van der Waals surface area contributed by atoms with Gasteiger partial charge in [0.15, 0.2) is 0 Å². The van der Waals surface area contributed by atoms with Crippen molar-refractivity contribution in [3.8, 4) is 0 Å². The molecule has 0 rings (SSSR count). The number of hydrogen-bond donors (Lipinski definition) is 1. The van der Waals surface area contributed by atoms with Crippen LogP contribution in [0.1, 0.15) is 26.2 Å². The monoisotopic (exact) mass is 236 g/mol. The second-order valence-corrected chi connectivity index (χ2v) is 6.67. The zero-order chi connectivity index (χ0) is 11.9. The molecule has 0 fully saturated rings. The minimum Gasteiger partial charge on any atom is -0.328 e. The van der Waals surface area contributed by atoms with Crippen LogP contribution >= 0.6 is 0 Å². The summed E-state index contributed by atoms with van der Waals surface area (Å²) in [6.45, 7) is 3.58. The molecule has 0 bridgehead atoms. The molecule has 0 aromatic carbocycles. The first-order valence-corrected chi connectivity index (χ1v) is 7.49. The lowest BCUT2D eigenvalue weighted by molar-refractivity contribution is 0.340. The van der Waals surface area contributed by atoms with Gasteiger partial charge in [-0.15, -0.1) is 0 Å². The van der Waals surface area contributed by atoms with Gasteiger partial charge >= 0.3 is 0 Å². The fourth-order valence-corrected chi connectivity index (χ4v) is 1.92. The smallest absolute Gasteiger partial charge is 0.148 e. The summed E-state index contributed by atoms with van der Waals surface area (Å²) in [6.07, 6.45) is 4.51. The van der Waals surface area contributed by atoms with Gasteiger partial charge in [-0.2, -0.15) is 0 Å². The summed E-state index contributed by atoms with van der Waals surface area (Å²) in [5.74, 6) is 0.247. The van der Waals surface area contributed by atoms with Gasteiger partial charge in [-0.1, -0.05) is 6.42 Å². The maximum atomic E-state index is 10.9. The summed E-state index contributed by atoms with van der Waals surface area (Å²) in [5.41, 5.74) is 5.63. The van der Waals surface area contributed by atoms with Gasteiger partial charge in [-0.05, 0) is 33.4 Å². The van der Waals surface area contributed by atoms with Crippen LogP contribution in [0.2, 0.25) is 0 Å². The summed E-state index contributed by atoms with van der Waals surface area (Å²) < 4.78 is 21.8. The molecule has 0 aromatic heterocycles. The summed E-state index contributed by atoms with van der Waals surface area (Å²) in [6, 6.07) is 0.270. The average Bonchev–Trinajstić information content (AvgIpc) is 2.07. The van der Waals surface area contributed by atoms with E-state index in [2.05, 4.69) is 4.90 Å². The first kappa shape index (κ1) is 14.9. The Hall–Kier alpha value is -0.130. The molecule has 2 N–H and O–H groups in total. The maximum absolute atomic E-state index is 10.9. The first-order chi connectivity index (χ1) is 6.81. The van der Waals surface area contributed by atoms with Crippen LogP contribution < -0.4 is 5.73 Å². The molecule has 0 saturated heterocycles. The van der Waals surface area contributed by atoms with Crippen molar-refractivity contribution in [2.75, 3.05) is 32.1 Å². The molecule has 0 saturated carbocycles. The number of nitrogens with two attached hydrogens (primary N) is 1. The number of nitrogens with zero attached hydrogens (tertiary/aromatic N) is 1. The van der Waals surface area contributed by atoms with Gasteiger partial charge in [0.1, 0.15) is 9.84 Å². The van der Waals surface area contributed by atoms with Crippen molar-refractivity contribution >= 4 is 9.84 Å². The first-order valence-electron chi connectivity index (χ1n) is 5.43. The topological polar surface area (TPSA) is 63.4 Å². The fraction of sp³-hybridized carbons (Fsp3) is 1.00. The van der Waals surface area contributed by atoms with E-state index < -0.39 is 9.84 Å². The lowest BCUT2D eigenvalue weighted by Crippen LogP contribution is -2.26. The Morgan fingerprint density at radius 2 is 1.87 bits per heavy atom. The highest BCUT2D eigenvalue weighted by Crippen LogP contribution is 2.00. The molecule has 1 atom stereocenters. The summed E-state index contributed by atoms with van der Waals surface area (Å²) in [7, 11) is -0.869. The molecule has 0 spiro atoms. The highest BCUT2D eigenvalue weighted by Gasteiger charge is 2.05.